The second-order valence-electron chi connectivity index (χ2n) is 5.42. The number of nitrogens with zero attached hydrogens (tertiary/aromatic N) is 1. The summed E-state index contributed by atoms with van der Waals surface area (Å²) in [4.78, 5) is 16.4. The van der Waals surface area contributed by atoms with Crippen LogP contribution in [-0.4, -0.2) is 11.0 Å². The number of rotatable bonds is 4. The molecule has 3 aromatic rings. The lowest BCUT2D eigenvalue weighted by Gasteiger charge is -2.05. The average molecular weight is 315 g/mol. The van der Waals surface area contributed by atoms with E-state index in [0.29, 0.717) is 11.3 Å². The van der Waals surface area contributed by atoms with Gasteiger partial charge in [0.25, 0.3) is 0 Å². The number of pyridine rings is 1. The van der Waals surface area contributed by atoms with Crippen LogP contribution in [0.2, 0.25) is 0 Å². The lowest BCUT2D eigenvalue weighted by Crippen LogP contribution is -2.08. The Hall–Kier alpha value is -3.20. The highest BCUT2D eigenvalue weighted by molar-refractivity contribution is 5.91. The molecule has 3 nitrogen and oxygen atoms in total. The van der Waals surface area contributed by atoms with E-state index in [0.717, 1.165) is 16.8 Å². The Labute approximate surface area is 141 Å². The normalized spacial score (nSPS) is 10.7. The molecule has 3 rings (SSSR count). The van der Waals surface area contributed by atoms with Crippen molar-refractivity contribution in [1.29, 1.82) is 0 Å². The van der Waals surface area contributed by atoms with Crippen LogP contribution in [0.15, 0.2) is 72.9 Å². The first-order valence-corrected chi connectivity index (χ1v) is 7.69. The van der Waals surface area contributed by atoms with E-state index in [1.807, 2.05) is 67.6 Å². The van der Waals surface area contributed by atoms with Gasteiger partial charge in [-0.15, -0.1) is 0 Å². The van der Waals surface area contributed by atoms with Gasteiger partial charge in [-0.25, -0.2) is 4.79 Å². The molecule has 0 spiro atoms. The van der Waals surface area contributed by atoms with Gasteiger partial charge in [0, 0.05) is 6.20 Å². The van der Waals surface area contributed by atoms with E-state index in [9.17, 15) is 4.79 Å². The van der Waals surface area contributed by atoms with E-state index in [4.69, 9.17) is 4.74 Å². The van der Waals surface area contributed by atoms with Gasteiger partial charge in [-0.2, -0.15) is 0 Å². The Morgan fingerprint density at radius 3 is 2.50 bits per heavy atom. The Morgan fingerprint density at radius 1 is 0.958 bits per heavy atom. The summed E-state index contributed by atoms with van der Waals surface area (Å²) in [6.07, 6.45) is 5.66. The second kappa shape index (κ2) is 7.38. The molecule has 0 aliphatic rings. The number of ether oxygens (including phenoxy) is 1. The van der Waals surface area contributed by atoms with Gasteiger partial charge in [-0.1, -0.05) is 42.0 Å². The van der Waals surface area contributed by atoms with E-state index < -0.39 is 0 Å². The van der Waals surface area contributed by atoms with Gasteiger partial charge >= 0.3 is 5.97 Å². The first-order valence-electron chi connectivity index (χ1n) is 7.69. The molecular formula is C21H17NO2. The van der Waals surface area contributed by atoms with Gasteiger partial charge in [0.05, 0.1) is 11.3 Å². The maximum absolute atomic E-state index is 12.1. The highest BCUT2D eigenvalue weighted by atomic mass is 16.5. The molecule has 0 saturated heterocycles. The molecule has 24 heavy (non-hydrogen) atoms. The minimum absolute atomic E-state index is 0.351. The van der Waals surface area contributed by atoms with E-state index in [1.165, 1.54) is 0 Å². The van der Waals surface area contributed by atoms with Crippen LogP contribution in [0.5, 0.6) is 5.75 Å². The standard InChI is InChI=1S/C21H17NO2/c1-16-5-4-6-18(15-16)21(23)24-20-12-9-17(10-13-20)8-11-19-7-2-3-14-22-19/h2-15H,1H3/b11-8+. The van der Waals surface area contributed by atoms with Crippen LogP contribution in [0.3, 0.4) is 0 Å². The first kappa shape index (κ1) is 15.7. The van der Waals surface area contributed by atoms with E-state index >= 15 is 0 Å². The third-order valence-corrected chi connectivity index (χ3v) is 3.48. The zero-order valence-electron chi connectivity index (χ0n) is 13.3. The molecule has 0 aliphatic carbocycles. The molecule has 0 radical (unpaired) electrons. The predicted molar refractivity (Wildman–Crippen MR) is 95.7 cm³/mol. The zero-order chi connectivity index (χ0) is 16.8. The Morgan fingerprint density at radius 2 is 1.79 bits per heavy atom. The highest BCUT2D eigenvalue weighted by Gasteiger charge is 2.08. The molecule has 2 aromatic carbocycles. The summed E-state index contributed by atoms with van der Waals surface area (Å²) in [5.74, 6) is 0.173. The van der Waals surface area contributed by atoms with Crippen molar-refractivity contribution in [3.8, 4) is 5.75 Å². The second-order valence-corrected chi connectivity index (χ2v) is 5.42. The highest BCUT2D eigenvalue weighted by Crippen LogP contribution is 2.16. The van der Waals surface area contributed by atoms with Crippen LogP contribution in [0, 0.1) is 6.92 Å². The lowest BCUT2D eigenvalue weighted by molar-refractivity contribution is 0.0734. The summed E-state index contributed by atoms with van der Waals surface area (Å²) in [5.41, 5.74) is 3.48. The van der Waals surface area contributed by atoms with Crippen molar-refractivity contribution >= 4 is 18.1 Å². The molecule has 1 aromatic heterocycles. The summed E-state index contributed by atoms with van der Waals surface area (Å²) in [6, 6.07) is 20.5. The lowest BCUT2D eigenvalue weighted by atomic mass is 10.1. The Balaban J connectivity index is 1.66. The third-order valence-electron chi connectivity index (χ3n) is 3.48. The van der Waals surface area contributed by atoms with Gasteiger partial charge in [0.15, 0.2) is 0 Å². The molecular weight excluding hydrogens is 298 g/mol. The number of benzene rings is 2. The van der Waals surface area contributed by atoms with Gasteiger partial charge in [0.1, 0.15) is 5.75 Å². The number of esters is 1. The summed E-state index contributed by atoms with van der Waals surface area (Å²) in [5, 5.41) is 0. The van der Waals surface area contributed by atoms with Gasteiger partial charge in [-0.3, -0.25) is 4.98 Å². The van der Waals surface area contributed by atoms with Gasteiger partial charge in [-0.05, 0) is 55.0 Å². The maximum Gasteiger partial charge on any atom is 0.343 e. The van der Waals surface area contributed by atoms with Crippen LogP contribution in [0.25, 0.3) is 12.2 Å². The molecule has 118 valence electrons. The molecule has 0 unspecified atom stereocenters. The van der Waals surface area contributed by atoms with Crippen molar-refractivity contribution in [2.45, 2.75) is 6.92 Å². The third kappa shape index (κ3) is 4.17. The molecule has 0 atom stereocenters. The quantitative estimate of drug-likeness (QED) is 0.514. The van der Waals surface area contributed by atoms with E-state index in [2.05, 4.69) is 4.98 Å². The number of carbonyl (C=O) groups excluding carboxylic acids is 1. The topological polar surface area (TPSA) is 39.2 Å². The fourth-order valence-electron chi connectivity index (χ4n) is 2.24. The molecule has 0 bridgehead atoms. The van der Waals surface area contributed by atoms with E-state index in [1.54, 1.807) is 24.4 Å². The molecule has 0 N–H and O–H groups in total. The first-order chi connectivity index (χ1) is 11.7. The summed E-state index contributed by atoms with van der Waals surface area (Å²) < 4.78 is 5.40. The minimum atomic E-state index is -0.351. The largest absolute Gasteiger partial charge is 0.423 e. The molecule has 3 heteroatoms. The number of hydrogen-bond donors (Lipinski definition) is 0. The maximum atomic E-state index is 12.1. The molecule has 0 saturated carbocycles. The number of hydrogen-bond acceptors (Lipinski definition) is 3. The fourth-order valence-corrected chi connectivity index (χ4v) is 2.24. The Bertz CT molecular complexity index is 853. The number of carbonyl (C=O) groups is 1. The predicted octanol–water partition coefficient (Wildman–Crippen LogP) is 4.78. The van der Waals surface area contributed by atoms with Crippen molar-refractivity contribution in [1.82, 2.24) is 4.98 Å². The minimum Gasteiger partial charge on any atom is -0.423 e. The Kier molecular flexibility index (Phi) is 4.82. The van der Waals surface area contributed by atoms with Crippen LogP contribution in [0.1, 0.15) is 27.2 Å². The summed E-state index contributed by atoms with van der Waals surface area (Å²) in [6.45, 7) is 1.94. The van der Waals surface area contributed by atoms with Crippen LogP contribution in [-0.2, 0) is 0 Å². The van der Waals surface area contributed by atoms with Gasteiger partial charge in [0.2, 0.25) is 0 Å². The van der Waals surface area contributed by atoms with Crippen molar-refractivity contribution < 1.29 is 9.53 Å². The molecule has 0 aliphatic heterocycles. The number of aromatic nitrogens is 1. The summed E-state index contributed by atoms with van der Waals surface area (Å²) >= 11 is 0. The molecule has 0 amide bonds. The van der Waals surface area contributed by atoms with Crippen LogP contribution in [0.4, 0.5) is 0 Å². The van der Waals surface area contributed by atoms with Crippen molar-refractivity contribution in [3.63, 3.8) is 0 Å². The molecule has 1 heterocycles. The van der Waals surface area contributed by atoms with Crippen molar-refractivity contribution in [3.05, 3.63) is 95.3 Å². The molecule has 0 fully saturated rings. The summed E-state index contributed by atoms with van der Waals surface area (Å²) in [7, 11) is 0. The number of aryl methyl sites for hydroxylation is 1. The average Bonchev–Trinajstić information content (AvgIpc) is 2.62. The SMILES string of the molecule is Cc1cccc(C(=O)Oc2ccc(/C=C/c3ccccn3)cc2)c1. The van der Waals surface area contributed by atoms with Gasteiger partial charge < -0.3 is 4.74 Å². The smallest absolute Gasteiger partial charge is 0.343 e. The monoisotopic (exact) mass is 315 g/mol. The van der Waals surface area contributed by atoms with Crippen molar-refractivity contribution in [2.24, 2.45) is 0 Å². The van der Waals surface area contributed by atoms with Crippen molar-refractivity contribution in [2.75, 3.05) is 0 Å². The van der Waals surface area contributed by atoms with E-state index in [-0.39, 0.29) is 5.97 Å². The van der Waals surface area contributed by atoms with Crippen LogP contribution >= 0.6 is 0 Å². The zero-order valence-corrected chi connectivity index (χ0v) is 13.3. The van der Waals surface area contributed by atoms with Crippen LogP contribution < -0.4 is 4.74 Å². The fraction of sp³-hybridized carbons (Fsp3) is 0.0476.